The van der Waals surface area contributed by atoms with Crippen molar-refractivity contribution in [1.82, 2.24) is 5.32 Å². The standard InChI is InChI=1S/C17H24N2O3/c1-3-4-5-16(20)18-10-8-13-6-7-15-14(12-13)19(2)17(21)9-11-22-15/h6-7,12H,3-5,8-11H2,1-2H3,(H,18,20). The molecule has 22 heavy (non-hydrogen) atoms. The van der Waals surface area contributed by atoms with Crippen LogP contribution in [0.3, 0.4) is 0 Å². The van der Waals surface area contributed by atoms with E-state index in [0.29, 0.717) is 26.0 Å². The van der Waals surface area contributed by atoms with Crippen LogP contribution >= 0.6 is 0 Å². The molecule has 1 aliphatic heterocycles. The maximum Gasteiger partial charge on any atom is 0.230 e. The number of hydrogen-bond acceptors (Lipinski definition) is 3. The minimum atomic E-state index is 0.0590. The Kier molecular flexibility index (Phi) is 5.81. The lowest BCUT2D eigenvalue weighted by Crippen LogP contribution is -2.26. The first-order valence-electron chi connectivity index (χ1n) is 7.90. The largest absolute Gasteiger partial charge is 0.491 e. The zero-order valence-electron chi connectivity index (χ0n) is 13.4. The van der Waals surface area contributed by atoms with Gasteiger partial charge in [-0.2, -0.15) is 0 Å². The molecule has 1 aromatic rings. The van der Waals surface area contributed by atoms with Crippen LogP contribution in [-0.2, 0) is 16.0 Å². The Morgan fingerprint density at radius 2 is 2.23 bits per heavy atom. The molecule has 0 spiro atoms. The fourth-order valence-electron chi connectivity index (χ4n) is 2.42. The molecule has 0 saturated carbocycles. The zero-order chi connectivity index (χ0) is 15.9. The highest BCUT2D eigenvalue weighted by atomic mass is 16.5. The predicted molar refractivity (Wildman–Crippen MR) is 86.2 cm³/mol. The van der Waals surface area contributed by atoms with Crippen LogP contribution in [0.1, 0.15) is 38.2 Å². The lowest BCUT2D eigenvalue weighted by molar-refractivity contribution is -0.121. The number of fused-ring (bicyclic) bond motifs is 1. The molecule has 0 radical (unpaired) electrons. The molecule has 0 aliphatic carbocycles. The lowest BCUT2D eigenvalue weighted by atomic mass is 10.1. The molecule has 1 heterocycles. The van der Waals surface area contributed by atoms with Crippen molar-refractivity contribution < 1.29 is 14.3 Å². The molecule has 5 nitrogen and oxygen atoms in total. The van der Waals surface area contributed by atoms with Gasteiger partial charge in [-0.3, -0.25) is 9.59 Å². The van der Waals surface area contributed by atoms with Crippen LogP contribution in [0.2, 0.25) is 0 Å². The van der Waals surface area contributed by atoms with Gasteiger partial charge in [0.1, 0.15) is 5.75 Å². The molecule has 0 fully saturated rings. The van der Waals surface area contributed by atoms with Crippen LogP contribution in [0.5, 0.6) is 5.75 Å². The van der Waals surface area contributed by atoms with E-state index in [1.165, 1.54) is 0 Å². The Morgan fingerprint density at radius 1 is 1.41 bits per heavy atom. The first-order valence-corrected chi connectivity index (χ1v) is 7.90. The summed E-state index contributed by atoms with van der Waals surface area (Å²) in [7, 11) is 1.77. The van der Waals surface area contributed by atoms with E-state index in [1.807, 2.05) is 18.2 Å². The number of unbranched alkanes of at least 4 members (excludes halogenated alkanes) is 1. The van der Waals surface area contributed by atoms with Gasteiger partial charge < -0.3 is 15.0 Å². The van der Waals surface area contributed by atoms with Gasteiger partial charge in [-0.25, -0.2) is 0 Å². The van der Waals surface area contributed by atoms with Crippen molar-refractivity contribution in [2.24, 2.45) is 0 Å². The van der Waals surface area contributed by atoms with Crippen LogP contribution in [0.15, 0.2) is 18.2 Å². The van der Waals surface area contributed by atoms with E-state index in [0.717, 1.165) is 36.3 Å². The number of hydrogen-bond donors (Lipinski definition) is 1. The number of benzene rings is 1. The normalized spacial score (nSPS) is 14.1. The van der Waals surface area contributed by atoms with Crippen molar-refractivity contribution in [3.05, 3.63) is 23.8 Å². The van der Waals surface area contributed by atoms with Gasteiger partial charge in [0.05, 0.1) is 18.7 Å². The van der Waals surface area contributed by atoms with Gasteiger partial charge in [0.15, 0.2) is 0 Å². The van der Waals surface area contributed by atoms with E-state index in [9.17, 15) is 9.59 Å². The molecular formula is C17H24N2O3. The molecule has 1 aromatic carbocycles. The molecule has 2 rings (SSSR count). The van der Waals surface area contributed by atoms with Gasteiger partial charge in [0, 0.05) is 20.0 Å². The van der Waals surface area contributed by atoms with E-state index in [-0.39, 0.29) is 11.8 Å². The Morgan fingerprint density at radius 3 is 3.00 bits per heavy atom. The summed E-state index contributed by atoms with van der Waals surface area (Å²) < 4.78 is 5.60. The van der Waals surface area contributed by atoms with E-state index >= 15 is 0 Å². The highest BCUT2D eigenvalue weighted by molar-refractivity contribution is 5.95. The van der Waals surface area contributed by atoms with Crippen molar-refractivity contribution in [3.63, 3.8) is 0 Å². The van der Waals surface area contributed by atoms with E-state index in [2.05, 4.69) is 12.2 Å². The first kappa shape index (κ1) is 16.3. The topological polar surface area (TPSA) is 58.6 Å². The number of amides is 2. The van der Waals surface area contributed by atoms with Crippen LogP contribution < -0.4 is 15.0 Å². The summed E-state index contributed by atoms with van der Waals surface area (Å²) >= 11 is 0. The maximum atomic E-state index is 11.9. The minimum Gasteiger partial charge on any atom is -0.491 e. The SMILES string of the molecule is CCCCC(=O)NCCc1ccc2c(c1)N(C)C(=O)CCO2. The molecular weight excluding hydrogens is 280 g/mol. The summed E-state index contributed by atoms with van der Waals surface area (Å²) in [5.74, 6) is 0.903. The van der Waals surface area contributed by atoms with Gasteiger partial charge in [0.2, 0.25) is 11.8 Å². The van der Waals surface area contributed by atoms with E-state index in [4.69, 9.17) is 4.74 Å². The van der Waals surface area contributed by atoms with Crippen LogP contribution in [0, 0.1) is 0 Å². The summed E-state index contributed by atoms with van der Waals surface area (Å²) in [5.41, 5.74) is 1.89. The van der Waals surface area contributed by atoms with E-state index in [1.54, 1.807) is 11.9 Å². The Hall–Kier alpha value is -2.04. The number of rotatable bonds is 6. The van der Waals surface area contributed by atoms with Crippen molar-refractivity contribution in [2.45, 2.75) is 39.0 Å². The van der Waals surface area contributed by atoms with Gasteiger partial charge in [-0.1, -0.05) is 19.4 Å². The maximum absolute atomic E-state index is 11.9. The summed E-state index contributed by atoms with van der Waals surface area (Å²) in [6.07, 6.45) is 3.68. The minimum absolute atomic E-state index is 0.0590. The number of carbonyl (C=O) groups is 2. The second-order valence-electron chi connectivity index (χ2n) is 5.56. The monoisotopic (exact) mass is 304 g/mol. The molecule has 0 bridgehead atoms. The summed E-state index contributed by atoms with van der Waals surface area (Å²) in [6, 6.07) is 5.86. The summed E-state index contributed by atoms with van der Waals surface area (Å²) in [5, 5.41) is 2.93. The zero-order valence-corrected chi connectivity index (χ0v) is 13.4. The number of carbonyl (C=O) groups excluding carboxylic acids is 2. The van der Waals surface area contributed by atoms with Crippen LogP contribution in [0.25, 0.3) is 0 Å². The van der Waals surface area contributed by atoms with Crippen molar-refractivity contribution in [1.29, 1.82) is 0 Å². The number of ether oxygens (including phenoxy) is 1. The number of nitrogens with zero attached hydrogens (tertiary/aromatic N) is 1. The average Bonchev–Trinajstić information content (AvgIpc) is 2.65. The molecule has 1 aliphatic rings. The average molecular weight is 304 g/mol. The number of nitrogens with one attached hydrogen (secondary N) is 1. The second kappa shape index (κ2) is 7.82. The predicted octanol–water partition coefficient (Wildman–Crippen LogP) is 2.28. The highest BCUT2D eigenvalue weighted by Crippen LogP contribution is 2.31. The molecule has 0 aromatic heterocycles. The van der Waals surface area contributed by atoms with Gasteiger partial charge in [-0.05, 0) is 30.5 Å². The fourth-order valence-corrected chi connectivity index (χ4v) is 2.42. The molecule has 0 unspecified atom stereocenters. The van der Waals surface area contributed by atoms with Crippen molar-refractivity contribution in [3.8, 4) is 5.75 Å². The van der Waals surface area contributed by atoms with Crippen LogP contribution in [-0.4, -0.2) is 32.0 Å². The third-order valence-corrected chi connectivity index (χ3v) is 3.83. The lowest BCUT2D eigenvalue weighted by Gasteiger charge is -2.17. The Balaban J connectivity index is 1.94. The quantitative estimate of drug-likeness (QED) is 0.877. The second-order valence-corrected chi connectivity index (χ2v) is 5.56. The van der Waals surface area contributed by atoms with Gasteiger partial charge in [0.25, 0.3) is 0 Å². The van der Waals surface area contributed by atoms with Gasteiger partial charge in [-0.15, -0.1) is 0 Å². The molecule has 5 heteroatoms. The Bertz CT molecular complexity index is 543. The molecule has 0 saturated heterocycles. The fraction of sp³-hybridized carbons (Fsp3) is 0.529. The highest BCUT2D eigenvalue weighted by Gasteiger charge is 2.20. The Labute approximate surface area is 131 Å². The summed E-state index contributed by atoms with van der Waals surface area (Å²) in [6.45, 7) is 3.10. The molecule has 2 amide bonds. The van der Waals surface area contributed by atoms with Crippen molar-refractivity contribution in [2.75, 3.05) is 25.1 Å². The van der Waals surface area contributed by atoms with Crippen LogP contribution in [0.4, 0.5) is 5.69 Å². The molecule has 0 atom stereocenters. The third-order valence-electron chi connectivity index (χ3n) is 3.83. The first-order chi connectivity index (χ1) is 10.6. The smallest absolute Gasteiger partial charge is 0.230 e. The summed E-state index contributed by atoms with van der Waals surface area (Å²) in [4.78, 5) is 25.1. The molecule has 120 valence electrons. The van der Waals surface area contributed by atoms with Crippen molar-refractivity contribution >= 4 is 17.5 Å². The van der Waals surface area contributed by atoms with E-state index < -0.39 is 0 Å². The number of anilines is 1. The third kappa shape index (κ3) is 4.23. The van der Waals surface area contributed by atoms with Gasteiger partial charge >= 0.3 is 0 Å². The molecule has 1 N–H and O–H groups in total.